The zero-order valence-corrected chi connectivity index (χ0v) is 26.1. The van der Waals surface area contributed by atoms with Crippen molar-refractivity contribution in [2.45, 2.75) is 37.8 Å². The molecule has 3 saturated heterocycles. The Morgan fingerprint density at radius 1 is 1.00 bits per heavy atom. The molecule has 242 valence electrons. The smallest absolute Gasteiger partial charge is 0.271 e. The number of nitrogens with two attached hydrogens (primary N) is 1. The molecular formula is C33H41FN10O2. The fourth-order valence-corrected chi connectivity index (χ4v) is 6.82. The van der Waals surface area contributed by atoms with Crippen LogP contribution in [0, 0.1) is 5.82 Å². The lowest BCUT2D eigenvalue weighted by Crippen LogP contribution is -2.52. The van der Waals surface area contributed by atoms with Crippen molar-refractivity contribution < 1.29 is 13.9 Å². The van der Waals surface area contributed by atoms with E-state index in [0.717, 1.165) is 75.9 Å². The van der Waals surface area contributed by atoms with E-state index in [1.165, 1.54) is 6.07 Å². The standard InChI is InChI=1S/C33H41FN10O2/c1-42-14-16-43(17-15-42)23-6-12-44(13-7-23)27-3-2-22(20-26(27)34)39-33-29(30(35)45)40-28(24-4-10-36-31-25(24)5-11-37-31)32(41-33)38-21-8-18-46-19-9-21/h2-5,10-11,20-21,23H,6-9,12-19H2,1H3,(H2,35,45)(H,36,37)(H2,38,39,41). The Morgan fingerprint density at radius 3 is 2.52 bits per heavy atom. The van der Waals surface area contributed by atoms with E-state index in [2.05, 4.69) is 42.3 Å². The second-order valence-corrected chi connectivity index (χ2v) is 12.5. The number of carbonyl (C=O) groups is 1. The van der Waals surface area contributed by atoms with Gasteiger partial charge in [-0.1, -0.05) is 0 Å². The summed E-state index contributed by atoms with van der Waals surface area (Å²) in [6.45, 7) is 7.29. The molecule has 0 bridgehead atoms. The average Bonchev–Trinajstić information content (AvgIpc) is 3.56. The first-order valence-corrected chi connectivity index (χ1v) is 16.2. The first-order valence-electron chi connectivity index (χ1n) is 16.2. The first kappa shape index (κ1) is 30.3. The molecule has 46 heavy (non-hydrogen) atoms. The monoisotopic (exact) mass is 628 g/mol. The summed E-state index contributed by atoms with van der Waals surface area (Å²) in [6, 6.07) is 9.45. The quantitative estimate of drug-likeness (QED) is 0.228. The Balaban J connectivity index is 1.14. The lowest BCUT2D eigenvalue weighted by molar-refractivity contribution is 0.0904. The zero-order valence-electron chi connectivity index (χ0n) is 26.1. The number of H-pyrrole nitrogens is 1. The molecule has 3 aromatic heterocycles. The number of nitrogens with one attached hydrogen (secondary N) is 3. The molecule has 4 aromatic rings. The molecule has 1 amide bonds. The van der Waals surface area contributed by atoms with Crippen LogP contribution in [0.4, 0.5) is 27.4 Å². The van der Waals surface area contributed by atoms with E-state index in [0.29, 0.717) is 47.8 Å². The number of carbonyl (C=O) groups excluding carboxylic acids is 1. The molecule has 0 saturated carbocycles. The molecule has 12 nitrogen and oxygen atoms in total. The molecule has 3 aliphatic rings. The van der Waals surface area contributed by atoms with Gasteiger partial charge in [-0.15, -0.1) is 0 Å². The maximum atomic E-state index is 15.6. The minimum atomic E-state index is -0.742. The van der Waals surface area contributed by atoms with Crippen molar-refractivity contribution in [3.63, 3.8) is 0 Å². The van der Waals surface area contributed by atoms with E-state index in [-0.39, 0.29) is 23.4 Å². The number of likely N-dealkylation sites (N-methyl/N-ethyl adjacent to an activating group) is 1. The van der Waals surface area contributed by atoms with Gasteiger partial charge in [-0.25, -0.2) is 19.3 Å². The summed E-state index contributed by atoms with van der Waals surface area (Å²) in [6.07, 6.45) is 7.13. The number of nitrogens with zero attached hydrogens (tertiary/aromatic N) is 6. The second kappa shape index (κ2) is 13.2. The second-order valence-electron chi connectivity index (χ2n) is 12.5. The number of rotatable bonds is 8. The molecule has 3 fully saturated rings. The number of hydrogen-bond donors (Lipinski definition) is 4. The van der Waals surface area contributed by atoms with Crippen LogP contribution in [0.1, 0.15) is 36.2 Å². The number of amides is 1. The molecule has 0 radical (unpaired) electrons. The van der Waals surface area contributed by atoms with Crippen LogP contribution in [0.25, 0.3) is 22.3 Å². The van der Waals surface area contributed by atoms with E-state index < -0.39 is 5.91 Å². The van der Waals surface area contributed by atoms with Gasteiger partial charge in [-0.2, -0.15) is 0 Å². The molecular weight excluding hydrogens is 587 g/mol. The summed E-state index contributed by atoms with van der Waals surface area (Å²) in [5.74, 6) is -0.423. The Labute approximate surface area is 267 Å². The largest absolute Gasteiger partial charge is 0.381 e. The minimum Gasteiger partial charge on any atom is -0.381 e. The predicted octanol–water partition coefficient (Wildman–Crippen LogP) is 3.81. The highest BCUT2D eigenvalue weighted by atomic mass is 19.1. The number of hydrogen-bond acceptors (Lipinski definition) is 10. The molecule has 1 aromatic carbocycles. The molecule has 7 rings (SSSR count). The Morgan fingerprint density at radius 2 is 1.78 bits per heavy atom. The number of aromatic amines is 1. The Kier molecular flexibility index (Phi) is 8.69. The summed E-state index contributed by atoms with van der Waals surface area (Å²) in [4.78, 5) is 36.9. The molecule has 0 spiro atoms. The number of fused-ring (bicyclic) bond motifs is 1. The number of pyridine rings is 1. The van der Waals surface area contributed by atoms with Crippen molar-refractivity contribution in [1.82, 2.24) is 29.7 Å². The fraction of sp³-hybridized carbons (Fsp3) is 0.455. The van der Waals surface area contributed by atoms with Crippen molar-refractivity contribution in [1.29, 1.82) is 0 Å². The zero-order chi connectivity index (χ0) is 31.6. The van der Waals surface area contributed by atoms with Crippen LogP contribution in [-0.4, -0.2) is 107 Å². The molecule has 6 heterocycles. The number of anilines is 4. The normalized spacial score (nSPS) is 19.0. The van der Waals surface area contributed by atoms with Crippen LogP contribution in [0.5, 0.6) is 0 Å². The highest BCUT2D eigenvalue weighted by Crippen LogP contribution is 2.35. The van der Waals surface area contributed by atoms with E-state index >= 15 is 4.39 Å². The van der Waals surface area contributed by atoms with Gasteiger partial charge in [0.15, 0.2) is 17.3 Å². The minimum absolute atomic E-state index is 0.0384. The van der Waals surface area contributed by atoms with Crippen LogP contribution in [-0.2, 0) is 4.74 Å². The molecule has 5 N–H and O–H groups in total. The van der Waals surface area contributed by atoms with Gasteiger partial charge < -0.3 is 35.9 Å². The van der Waals surface area contributed by atoms with Crippen molar-refractivity contribution in [3.05, 3.63) is 54.2 Å². The van der Waals surface area contributed by atoms with Crippen LogP contribution in [0.3, 0.4) is 0 Å². The number of halogens is 1. The third-order valence-corrected chi connectivity index (χ3v) is 9.48. The molecule has 0 atom stereocenters. The van der Waals surface area contributed by atoms with Crippen LogP contribution < -0.4 is 21.3 Å². The Hall–Kier alpha value is -4.33. The lowest BCUT2D eigenvalue weighted by atomic mass is 10.0. The first-order chi connectivity index (χ1) is 22.4. The van der Waals surface area contributed by atoms with E-state index in [9.17, 15) is 4.79 Å². The van der Waals surface area contributed by atoms with Gasteiger partial charge in [-0.05, 0) is 63.1 Å². The van der Waals surface area contributed by atoms with E-state index in [1.807, 2.05) is 18.2 Å². The van der Waals surface area contributed by atoms with Gasteiger partial charge in [-0.3, -0.25) is 9.69 Å². The summed E-state index contributed by atoms with van der Waals surface area (Å²) < 4.78 is 21.2. The van der Waals surface area contributed by atoms with Crippen molar-refractivity contribution in [3.8, 4) is 11.3 Å². The predicted molar refractivity (Wildman–Crippen MR) is 177 cm³/mol. The highest BCUT2D eigenvalue weighted by molar-refractivity contribution is 6.00. The number of primary amides is 1. The fourth-order valence-electron chi connectivity index (χ4n) is 6.82. The maximum Gasteiger partial charge on any atom is 0.271 e. The highest BCUT2D eigenvalue weighted by Gasteiger charge is 2.28. The summed E-state index contributed by atoms with van der Waals surface area (Å²) >= 11 is 0. The SMILES string of the molecule is CN1CCN(C2CCN(c3ccc(Nc4nc(NC5CCOCC5)c(-c5ccnc6[nH]ccc56)nc4C(N)=O)cc3F)CC2)CC1. The molecule has 3 aliphatic heterocycles. The summed E-state index contributed by atoms with van der Waals surface area (Å²) in [5.41, 5.74) is 8.77. The van der Waals surface area contributed by atoms with Gasteiger partial charge in [0.05, 0.1) is 5.69 Å². The van der Waals surface area contributed by atoms with Gasteiger partial charge in [0, 0.05) is 93.6 Å². The summed E-state index contributed by atoms with van der Waals surface area (Å²) in [5, 5.41) is 7.51. The van der Waals surface area contributed by atoms with Crippen LogP contribution in [0.2, 0.25) is 0 Å². The number of aromatic nitrogens is 4. The molecule has 0 aliphatic carbocycles. The molecule has 13 heteroatoms. The van der Waals surface area contributed by atoms with Crippen molar-refractivity contribution in [2.24, 2.45) is 5.73 Å². The van der Waals surface area contributed by atoms with Crippen LogP contribution in [0.15, 0.2) is 42.7 Å². The third kappa shape index (κ3) is 6.35. The van der Waals surface area contributed by atoms with Gasteiger partial charge >= 0.3 is 0 Å². The van der Waals surface area contributed by atoms with Crippen LogP contribution >= 0.6 is 0 Å². The number of ether oxygens (including phenoxy) is 1. The third-order valence-electron chi connectivity index (χ3n) is 9.48. The number of benzene rings is 1. The van der Waals surface area contributed by atoms with E-state index in [4.69, 9.17) is 20.4 Å². The molecule has 0 unspecified atom stereocenters. The lowest BCUT2D eigenvalue weighted by Gasteiger charge is -2.42. The van der Waals surface area contributed by atoms with Gasteiger partial charge in [0.1, 0.15) is 17.2 Å². The number of piperidine rings is 1. The summed E-state index contributed by atoms with van der Waals surface area (Å²) in [7, 11) is 2.17. The Bertz CT molecular complexity index is 1690. The topological polar surface area (TPSA) is 141 Å². The van der Waals surface area contributed by atoms with Crippen molar-refractivity contribution >= 4 is 40.0 Å². The number of piperazine rings is 1. The van der Waals surface area contributed by atoms with Gasteiger partial charge in [0.25, 0.3) is 5.91 Å². The van der Waals surface area contributed by atoms with Crippen molar-refractivity contribution in [2.75, 3.05) is 75.1 Å². The van der Waals surface area contributed by atoms with E-state index in [1.54, 1.807) is 18.5 Å². The van der Waals surface area contributed by atoms with Gasteiger partial charge in [0.2, 0.25) is 0 Å². The maximum absolute atomic E-state index is 15.6. The average molecular weight is 629 g/mol.